The van der Waals surface area contributed by atoms with Crippen molar-refractivity contribution < 1.29 is 4.39 Å². The highest BCUT2D eigenvalue weighted by molar-refractivity contribution is 9.10. The number of hydrogen-bond donors (Lipinski definition) is 1. The molecule has 0 radical (unpaired) electrons. The summed E-state index contributed by atoms with van der Waals surface area (Å²) in [6.45, 7) is 0. The molecule has 1 aliphatic carbocycles. The average molecular weight is 344 g/mol. The van der Waals surface area contributed by atoms with Crippen molar-refractivity contribution in [1.82, 2.24) is 0 Å². The van der Waals surface area contributed by atoms with Gasteiger partial charge in [-0.25, -0.2) is 4.39 Å². The minimum Gasteiger partial charge on any atom is -0.375 e. The van der Waals surface area contributed by atoms with Crippen molar-refractivity contribution in [2.75, 3.05) is 5.32 Å². The Morgan fingerprint density at radius 1 is 1.05 bits per heavy atom. The standard InChI is InChI=1S/C18H15BrFN/c19-15-9-2-1-5-14(15)17-12-7-3-6-11(12)13-8-4-10-16(20)18(13)21-17/h1-6,8-12,17,21H,7H2/t11-,12+,17-/m0/s1. The van der Waals surface area contributed by atoms with Crippen LogP contribution in [-0.4, -0.2) is 0 Å². The zero-order valence-electron chi connectivity index (χ0n) is 11.4. The van der Waals surface area contributed by atoms with Crippen molar-refractivity contribution in [3.8, 4) is 0 Å². The Morgan fingerprint density at radius 3 is 2.71 bits per heavy atom. The molecule has 2 aromatic carbocycles. The first-order valence-corrected chi connectivity index (χ1v) is 8.01. The number of nitrogens with one attached hydrogen (secondary N) is 1. The Labute approximate surface area is 132 Å². The highest BCUT2D eigenvalue weighted by atomic mass is 79.9. The van der Waals surface area contributed by atoms with Gasteiger partial charge >= 0.3 is 0 Å². The number of allylic oxidation sites excluding steroid dienone is 2. The van der Waals surface area contributed by atoms with Crippen LogP contribution < -0.4 is 5.32 Å². The van der Waals surface area contributed by atoms with Crippen molar-refractivity contribution in [1.29, 1.82) is 0 Å². The second-order valence-electron chi connectivity index (χ2n) is 5.70. The lowest BCUT2D eigenvalue weighted by Gasteiger charge is -2.38. The normalized spacial score (nSPS) is 26.1. The van der Waals surface area contributed by atoms with Gasteiger partial charge in [-0.2, -0.15) is 0 Å². The van der Waals surface area contributed by atoms with Gasteiger partial charge in [0.2, 0.25) is 0 Å². The molecule has 0 fully saturated rings. The SMILES string of the molecule is Fc1cccc2c1N[C@H](c1ccccc1Br)[C@@H]1CC=C[C@H]21. The zero-order chi connectivity index (χ0) is 14.4. The molecule has 106 valence electrons. The quantitative estimate of drug-likeness (QED) is 0.682. The minimum absolute atomic E-state index is 0.130. The molecule has 1 N–H and O–H groups in total. The van der Waals surface area contributed by atoms with E-state index in [1.807, 2.05) is 24.3 Å². The van der Waals surface area contributed by atoms with Crippen LogP contribution in [-0.2, 0) is 0 Å². The molecule has 0 spiro atoms. The molecule has 0 saturated heterocycles. The fourth-order valence-corrected chi connectivity index (χ4v) is 4.15. The molecule has 1 heterocycles. The Bertz CT molecular complexity index is 725. The average Bonchev–Trinajstić information content (AvgIpc) is 2.97. The molecule has 21 heavy (non-hydrogen) atoms. The first-order chi connectivity index (χ1) is 10.3. The van der Waals surface area contributed by atoms with Crippen LogP contribution in [0.15, 0.2) is 59.1 Å². The van der Waals surface area contributed by atoms with E-state index in [2.05, 4.69) is 39.5 Å². The van der Waals surface area contributed by atoms with Gasteiger partial charge in [-0.1, -0.05) is 58.4 Å². The lowest BCUT2D eigenvalue weighted by atomic mass is 9.77. The molecular formula is C18H15BrFN. The summed E-state index contributed by atoms with van der Waals surface area (Å²) in [5.41, 5.74) is 2.94. The molecule has 0 bridgehead atoms. The third-order valence-corrected chi connectivity index (χ3v) is 5.31. The summed E-state index contributed by atoms with van der Waals surface area (Å²) >= 11 is 3.63. The largest absolute Gasteiger partial charge is 0.375 e. The summed E-state index contributed by atoms with van der Waals surface area (Å²) in [5, 5.41) is 3.45. The second kappa shape index (κ2) is 4.99. The molecule has 2 aromatic rings. The maximum Gasteiger partial charge on any atom is 0.146 e. The first kappa shape index (κ1) is 13.1. The first-order valence-electron chi connectivity index (χ1n) is 7.22. The van der Waals surface area contributed by atoms with E-state index >= 15 is 0 Å². The van der Waals surface area contributed by atoms with E-state index in [4.69, 9.17) is 0 Å². The Kier molecular flexibility index (Phi) is 3.11. The van der Waals surface area contributed by atoms with E-state index in [9.17, 15) is 4.39 Å². The van der Waals surface area contributed by atoms with Crippen LogP contribution in [0.3, 0.4) is 0 Å². The monoisotopic (exact) mass is 343 g/mol. The van der Waals surface area contributed by atoms with Crippen LogP contribution >= 0.6 is 15.9 Å². The van der Waals surface area contributed by atoms with Crippen LogP contribution in [0.2, 0.25) is 0 Å². The third-order valence-electron chi connectivity index (χ3n) is 4.59. The molecule has 0 unspecified atom stereocenters. The lowest BCUT2D eigenvalue weighted by molar-refractivity contribution is 0.420. The van der Waals surface area contributed by atoms with Crippen LogP contribution in [0.25, 0.3) is 0 Å². The molecule has 1 nitrogen and oxygen atoms in total. The fraction of sp³-hybridized carbons (Fsp3) is 0.222. The summed E-state index contributed by atoms with van der Waals surface area (Å²) in [7, 11) is 0. The number of hydrogen-bond acceptors (Lipinski definition) is 1. The summed E-state index contributed by atoms with van der Waals surface area (Å²) in [6, 6.07) is 13.7. The summed E-state index contributed by atoms with van der Waals surface area (Å²) in [5.74, 6) is 0.579. The van der Waals surface area contributed by atoms with Crippen molar-refractivity contribution in [2.24, 2.45) is 5.92 Å². The maximum absolute atomic E-state index is 14.2. The van der Waals surface area contributed by atoms with Gasteiger partial charge in [0.1, 0.15) is 5.82 Å². The highest BCUT2D eigenvalue weighted by Gasteiger charge is 2.39. The van der Waals surface area contributed by atoms with Gasteiger partial charge in [-0.05, 0) is 35.6 Å². The number of rotatable bonds is 1. The predicted molar refractivity (Wildman–Crippen MR) is 86.9 cm³/mol. The topological polar surface area (TPSA) is 12.0 Å². The molecule has 1 aliphatic heterocycles. The van der Waals surface area contributed by atoms with Gasteiger partial charge in [0.15, 0.2) is 0 Å². The Morgan fingerprint density at radius 2 is 1.86 bits per heavy atom. The molecule has 0 saturated carbocycles. The molecule has 3 heteroatoms. The molecular weight excluding hydrogens is 329 g/mol. The molecule has 0 amide bonds. The van der Waals surface area contributed by atoms with E-state index in [1.165, 1.54) is 11.6 Å². The lowest BCUT2D eigenvalue weighted by Crippen LogP contribution is -2.29. The number of benzene rings is 2. The van der Waals surface area contributed by atoms with Crippen LogP contribution in [0.4, 0.5) is 10.1 Å². The number of anilines is 1. The van der Waals surface area contributed by atoms with Gasteiger partial charge in [-0.15, -0.1) is 0 Å². The van der Waals surface area contributed by atoms with E-state index in [1.54, 1.807) is 6.07 Å². The second-order valence-corrected chi connectivity index (χ2v) is 6.56. The fourth-order valence-electron chi connectivity index (χ4n) is 3.62. The van der Waals surface area contributed by atoms with Crippen molar-refractivity contribution in [3.05, 3.63) is 76.0 Å². The molecule has 0 aromatic heterocycles. The summed E-state index contributed by atoms with van der Waals surface area (Å²) in [4.78, 5) is 0. The summed E-state index contributed by atoms with van der Waals surface area (Å²) < 4.78 is 15.3. The van der Waals surface area contributed by atoms with Crippen molar-refractivity contribution in [2.45, 2.75) is 18.4 Å². The third kappa shape index (κ3) is 2.03. The maximum atomic E-state index is 14.2. The van der Waals surface area contributed by atoms with E-state index < -0.39 is 0 Å². The van der Waals surface area contributed by atoms with E-state index in [0.717, 1.165) is 16.5 Å². The zero-order valence-corrected chi connectivity index (χ0v) is 13.0. The molecule has 4 rings (SSSR count). The van der Waals surface area contributed by atoms with Crippen LogP contribution in [0.5, 0.6) is 0 Å². The summed E-state index contributed by atoms with van der Waals surface area (Å²) in [6.07, 6.45) is 5.48. The van der Waals surface area contributed by atoms with Gasteiger partial charge in [0.25, 0.3) is 0 Å². The number of para-hydroxylation sites is 1. The highest BCUT2D eigenvalue weighted by Crippen LogP contribution is 2.51. The number of halogens is 2. The predicted octanol–water partition coefficient (Wildman–Crippen LogP) is 5.41. The Hall–Kier alpha value is -1.61. The van der Waals surface area contributed by atoms with Gasteiger partial charge in [0.05, 0.1) is 11.7 Å². The van der Waals surface area contributed by atoms with Gasteiger partial charge < -0.3 is 5.32 Å². The number of fused-ring (bicyclic) bond motifs is 3. The Balaban J connectivity index is 1.85. The molecule has 3 atom stereocenters. The van der Waals surface area contributed by atoms with Crippen LogP contribution in [0.1, 0.15) is 29.5 Å². The van der Waals surface area contributed by atoms with E-state index in [0.29, 0.717) is 17.5 Å². The van der Waals surface area contributed by atoms with Crippen molar-refractivity contribution >= 4 is 21.6 Å². The minimum atomic E-state index is -0.164. The van der Waals surface area contributed by atoms with E-state index in [-0.39, 0.29) is 11.9 Å². The van der Waals surface area contributed by atoms with Crippen LogP contribution in [0, 0.1) is 11.7 Å². The molecule has 2 aliphatic rings. The smallest absolute Gasteiger partial charge is 0.146 e. The van der Waals surface area contributed by atoms with Gasteiger partial charge in [-0.3, -0.25) is 0 Å². The van der Waals surface area contributed by atoms with Crippen molar-refractivity contribution in [3.63, 3.8) is 0 Å². The van der Waals surface area contributed by atoms with Gasteiger partial charge in [0, 0.05) is 10.4 Å².